The van der Waals surface area contributed by atoms with Crippen LogP contribution in [-0.4, -0.2) is 26.6 Å². The van der Waals surface area contributed by atoms with Gasteiger partial charge in [-0.05, 0) is 55.0 Å². The molecule has 2 aromatic carbocycles. The summed E-state index contributed by atoms with van der Waals surface area (Å²) in [4.78, 5) is 11.5. The van der Waals surface area contributed by atoms with Crippen molar-refractivity contribution >= 4 is 43.0 Å². The average molecular weight is 433 g/mol. The molecule has 0 aliphatic rings. The van der Waals surface area contributed by atoms with Crippen LogP contribution in [-0.2, 0) is 14.6 Å². The van der Waals surface area contributed by atoms with E-state index in [1.54, 1.807) is 12.1 Å². The van der Waals surface area contributed by atoms with Crippen molar-refractivity contribution < 1.29 is 22.0 Å². The number of alkyl halides is 2. The number of rotatable bonds is 6. The van der Waals surface area contributed by atoms with Crippen LogP contribution in [0.25, 0.3) is 0 Å². The smallest absolute Gasteiger partial charge is 0.341 e. The molecule has 0 fully saturated rings. The van der Waals surface area contributed by atoms with E-state index in [0.29, 0.717) is 11.4 Å². The molecule has 0 spiro atoms. The minimum atomic E-state index is -4.62. The third-order valence-electron chi connectivity index (χ3n) is 3.33. The van der Waals surface area contributed by atoms with Crippen LogP contribution in [0.5, 0.6) is 0 Å². The first-order valence-corrected chi connectivity index (χ1v) is 9.46. The van der Waals surface area contributed by atoms with Crippen molar-refractivity contribution in [2.75, 3.05) is 17.2 Å². The fourth-order valence-corrected chi connectivity index (χ4v) is 3.21. The molecule has 5 nitrogen and oxygen atoms in total. The maximum atomic E-state index is 12.5. The molecule has 25 heavy (non-hydrogen) atoms. The van der Waals surface area contributed by atoms with Gasteiger partial charge < -0.3 is 10.6 Å². The zero-order chi connectivity index (χ0) is 18.6. The molecule has 0 atom stereocenters. The van der Waals surface area contributed by atoms with Gasteiger partial charge in [0.15, 0.2) is 0 Å². The molecule has 2 aromatic rings. The minimum Gasteiger partial charge on any atom is -0.376 e. The summed E-state index contributed by atoms with van der Waals surface area (Å²) >= 11 is 3.34. The molecular weight excluding hydrogens is 418 g/mol. The molecule has 0 aliphatic carbocycles. The summed E-state index contributed by atoms with van der Waals surface area (Å²) in [5.74, 6) is -3.76. The molecule has 134 valence electrons. The highest BCUT2D eigenvalue weighted by Gasteiger charge is 2.26. The minimum absolute atomic E-state index is 0.0591. The summed E-state index contributed by atoms with van der Waals surface area (Å²) in [5.41, 5.74) is 2.01. The summed E-state index contributed by atoms with van der Waals surface area (Å²) in [6, 6.07) is 10.2. The van der Waals surface area contributed by atoms with E-state index in [1.165, 1.54) is 12.1 Å². The summed E-state index contributed by atoms with van der Waals surface area (Å²) in [6.07, 6.45) is 0. The Labute approximate surface area is 152 Å². The summed E-state index contributed by atoms with van der Waals surface area (Å²) in [6.45, 7) is 1.80. The number of halogens is 3. The first kappa shape index (κ1) is 19.3. The fraction of sp³-hybridized carbons (Fsp3) is 0.188. The Morgan fingerprint density at radius 3 is 2.36 bits per heavy atom. The van der Waals surface area contributed by atoms with Gasteiger partial charge in [0.25, 0.3) is 0 Å². The van der Waals surface area contributed by atoms with Crippen molar-refractivity contribution in [3.63, 3.8) is 0 Å². The van der Waals surface area contributed by atoms with Gasteiger partial charge in [0.2, 0.25) is 15.7 Å². The first-order valence-electron chi connectivity index (χ1n) is 7.12. The highest BCUT2D eigenvalue weighted by molar-refractivity contribution is 9.10. The lowest BCUT2D eigenvalue weighted by Crippen LogP contribution is -2.22. The second kappa shape index (κ2) is 7.92. The van der Waals surface area contributed by atoms with Crippen molar-refractivity contribution in [1.82, 2.24) is 0 Å². The van der Waals surface area contributed by atoms with Crippen LogP contribution in [0.1, 0.15) is 5.56 Å². The van der Waals surface area contributed by atoms with Gasteiger partial charge in [-0.1, -0.05) is 15.9 Å². The quantitative estimate of drug-likeness (QED) is 0.727. The molecule has 2 N–H and O–H groups in total. The number of anilines is 2. The van der Waals surface area contributed by atoms with Crippen LogP contribution in [0.15, 0.2) is 51.8 Å². The number of carbonyl (C=O) groups excluding carboxylic acids is 1. The topological polar surface area (TPSA) is 75.3 Å². The molecule has 0 radical (unpaired) electrons. The van der Waals surface area contributed by atoms with Gasteiger partial charge in [-0.2, -0.15) is 8.78 Å². The van der Waals surface area contributed by atoms with Gasteiger partial charge in [0.1, 0.15) is 0 Å². The molecule has 0 saturated carbocycles. The van der Waals surface area contributed by atoms with Crippen LogP contribution >= 0.6 is 15.9 Å². The highest BCUT2D eigenvalue weighted by atomic mass is 79.9. The first-order chi connectivity index (χ1) is 11.7. The number of hydrogen-bond acceptors (Lipinski definition) is 4. The lowest BCUT2D eigenvalue weighted by Gasteiger charge is -2.10. The Bertz CT molecular complexity index is 871. The number of nitrogens with one attached hydrogen (secondary N) is 2. The zero-order valence-corrected chi connectivity index (χ0v) is 15.5. The lowest BCUT2D eigenvalue weighted by molar-refractivity contribution is -0.114. The number of hydrogen-bond donors (Lipinski definition) is 2. The average Bonchev–Trinajstić information content (AvgIpc) is 2.56. The van der Waals surface area contributed by atoms with E-state index in [0.717, 1.165) is 22.2 Å². The Kier molecular flexibility index (Phi) is 6.12. The number of carbonyl (C=O) groups is 1. The molecule has 0 bridgehead atoms. The van der Waals surface area contributed by atoms with E-state index in [2.05, 4.69) is 26.6 Å². The molecule has 0 saturated heterocycles. The largest absolute Gasteiger partial charge is 0.376 e. The van der Waals surface area contributed by atoms with E-state index in [1.807, 2.05) is 13.0 Å². The van der Waals surface area contributed by atoms with Crippen molar-refractivity contribution in [2.45, 2.75) is 17.6 Å². The summed E-state index contributed by atoms with van der Waals surface area (Å²) < 4.78 is 48.5. The predicted molar refractivity (Wildman–Crippen MR) is 95.6 cm³/mol. The van der Waals surface area contributed by atoms with Crippen molar-refractivity contribution in [3.05, 3.63) is 52.5 Å². The maximum Gasteiger partial charge on any atom is 0.341 e. The van der Waals surface area contributed by atoms with Gasteiger partial charge >= 0.3 is 5.76 Å². The zero-order valence-electron chi connectivity index (χ0n) is 13.1. The van der Waals surface area contributed by atoms with Gasteiger partial charge in [0.05, 0.1) is 11.4 Å². The van der Waals surface area contributed by atoms with Crippen molar-refractivity contribution in [3.8, 4) is 0 Å². The Morgan fingerprint density at radius 2 is 1.80 bits per heavy atom. The summed E-state index contributed by atoms with van der Waals surface area (Å²) in [7, 11) is -4.62. The molecular formula is C16H15BrF2N2O3S. The Hall–Kier alpha value is -2.00. The predicted octanol–water partition coefficient (Wildman–Crippen LogP) is 3.80. The maximum absolute atomic E-state index is 12.5. The van der Waals surface area contributed by atoms with Crippen molar-refractivity contribution in [1.29, 1.82) is 0 Å². The highest BCUT2D eigenvalue weighted by Crippen LogP contribution is 2.21. The molecule has 0 aliphatic heterocycles. The van der Waals surface area contributed by atoms with Crippen LogP contribution in [0.4, 0.5) is 20.2 Å². The summed E-state index contributed by atoms with van der Waals surface area (Å²) in [5, 5.41) is 5.54. The molecule has 9 heteroatoms. The number of amides is 1. The van der Waals surface area contributed by atoms with E-state index < -0.39 is 20.5 Å². The molecule has 2 rings (SSSR count). The van der Waals surface area contributed by atoms with Crippen LogP contribution < -0.4 is 10.6 Å². The van der Waals surface area contributed by atoms with E-state index in [9.17, 15) is 22.0 Å². The third kappa shape index (κ3) is 4.99. The fourth-order valence-electron chi connectivity index (χ4n) is 2.01. The Morgan fingerprint density at radius 1 is 1.16 bits per heavy atom. The monoisotopic (exact) mass is 432 g/mol. The second-order valence-corrected chi connectivity index (χ2v) is 8.02. The lowest BCUT2D eigenvalue weighted by atomic mass is 10.2. The molecule has 0 unspecified atom stereocenters. The van der Waals surface area contributed by atoms with E-state index in [-0.39, 0.29) is 12.5 Å². The van der Waals surface area contributed by atoms with Crippen LogP contribution in [0.2, 0.25) is 0 Å². The normalized spacial score (nSPS) is 11.4. The van der Waals surface area contributed by atoms with Crippen molar-refractivity contribution in [2.24, 2.45) is 0 Å². The molecule has 0 heterocycles. The molecule has 1 amide bonds. The number of aryl methyl sites for hydroxylation is 1. The van der Waals surface area contributed by atoms with Gasteiger partial charge in [0, 0.05) is 15.8 Å². The van der Waals surface area contributed by atoms with Gasteiger partial charge in [-0.25, -0.2) is 8.42 Å². The number of sulfone groups is 1. The van der Waals surface area contributed by atoms with E-state index in [4.69, 9.17) is 0 Å². The van der Waals surface area contributed by atoms with Crippen LogP contribution in [0, 0.1) is 6.92 Å². The SMILES string of the molecule is Cc1cc(Br)ccc1NC(=O)CNc1ccc(S(=O)(=O)C(F)F)cc1. The van der Waals surface area contributed by atoms with E-state index >= 15 is 0 Å². The Balaban J connectivity index is 1.96. The third-order valence-corrected chi connectivity index (χ3v) is 5.22. The standard InChI is InChI=1S/C16H15BrF2N2O3S/c1-10-8-11(17)2-7-14(10)21-15(22)9-20-12-3-5-13(6-4-12)25(23,24)16(18)19/h2-8,16,20H,9H2,1H3,(H,21,22). The second-order valence-electron chi connectivity index (χ2n) is 5.19. The van der Waals surface area contributed by atoms with Gasteiger partial charge in [-0.15, -0.1) is 0 Å². The number of benzene rings is 2. The molecule has 0 aromatic heterocycles. The van der Waals surface area contributed by atoms with Gasteiger partial charge in [-0.3, -0.25) is 4.79 Å². The van der Waals surface area contributed by atoms with Crippen LogP contribution in [0.3, 0.4) is 0 Å².